The molecule has 11 heavy (non-hydrogen) atoms. The average molecular weight is 150 g/mol. The van der Waals surface area contributed by atoms with Crippen molar-refractivity contribution in [2.45, 2.75) is 13.3 Å². The van der Waals surface area contributed by atoms with Crippen LogP contribution >= 0.6 is 0 Å². The maximum Gasteiger partial charge on any atom is 0.0964 e. The smallest absolute Gasteiger partial charge is 0.0964 e. The number of ether oxygens (including phenoxy) is 1. The van der Waals surface area contributed by atoms with E-state index < -0.39 is 0 Å². The first kappa shape index (κ1) is 8.12. The Morgan fingerprint density at radius 3 is 3.00 bits per heavy atom. The first-order valence-electron chi connectivity index (χ1n) is 3.84. The van der Waals surface area contributed by atoms with Gasteiger partial charge in [0.2, 0.25) is 0 Å². The largest absolute Gasteiger partial charge is 0.501 e. The van der Waals surface area contributed by atoms with Gasteiger partial charge < -0.3 is 4.74 Å². The Kier molecular flexibility index (Phi) is 2.53. The van der Waals surface area contributed by atoms with Crippen LogP contribution < -0.4 is 0 Å². The zero-order chi connectivity index (χ0) is 8.16. The van der Waals surface area contributed by atoms with Crippen molar-refractivity contribution in [1.29, 1.82) is 0 Å². The minimum Gasteiger partial charge on any atom is -0.501 e. The topological polar surface area (TPSA) is 9.23 Å². The Hall–Kier alpha value is -0.980. The zero-order valence-electron chi connectivity index (χ0n) is 6.92. The second-order valence-corrected chi connectivity index (χ2v) is 3.12. The van der Waals surface area contributed by atoms with E-state index in [0.717, 1.165) is 13.0 Å². The second-order valence-electron chi connectivity index (χ2n) is 3.12. The molecular weight excluding hydrogens is 136 g/mol. The summed E-state index contributed by atoms with van der Waals surface area (Å²) < 4.78 is 5.15. The fourth-order valence-corrected chi connectivity index (χ4v) is 1.13. The van der Waals surface area contributed by atoms with Gasteiger partial charge in [-0.3, -0.25) is 0 Å². The predicted octanol–water partition coefficient (Wildman–Crippen LogP) is 2.67. The van der Waals surface area contributed by atoms with E-state index in [1.807, 2.05) is 0 Å². The first-order chi connectivity index (χ1) is 5.27. The highest BCUT2D eigenvalue weighted by Gasteiger charge is 2.20. The molecule has 1 aliphatic rings. The van der Waals surface area contributed by atoms with Crippen molar-refractivity contribution in [3.63, 3.8) is 0 Å². The van der Waals surface area contributed by atoms with Crippen molar-refractivity contribution in [2.24, 2.45) is 5.41 Å². The molecule has 1 heteroatoms. The van der Waals surface area contributed by atoms with E-state index in [9.17, 15) is 0 Å². The third kappa shape index (κ3) is 2.26. The normalized spacial score (nSPS) is 28.5. The van der Waals surface area contributed by atoms with Gasteiger partial charge in [0.15, 0.2) is 0 Å². The first-order valence-corrected chi connectivity index (χ1v) is 3.84. The lowest BCUT2D eigenvalue weighted by Crippen LogP contribution is -2.19. The van der Waals surface area contributed by atoms with Gasteiger partial charge in [-0.15, -0.1) is 0 Å². The molecular formula is C10H14O. The molecule has 0 bridgehead atoms. The fraction of sp³-hybridized carbons (Fsp3) is 0.400. The summed E-state index contributed by atoms with van der Waals surface area (Å²) in [7, 11) is 0. The van der Waals surface area contributed by atoms with Crippen molar-refractivity contribution in [1.82, 2.24) is 0 Å². The van der Waals surface area contributed by atoms with E-state index in [0.29, 0.717) is 0 Å². The van der Waals surface area contributed by atoms with Gasteiger partial charge in [0.05, 0.1) is 12.9 Å². The van der Waals surface area contributed by atoms with Crippen LogP contribution in [0.1, 0.15) is 13.3 Å². The molecule has 0 aliphatic heterocycles. The molecule has 0 amide bonds. The lowest BCUT2D eigenvalue weighted by Gasteiger charge is -2.25. The quantitative estimate of drug-likeness (QED) is 0.562. The maximum absolute atomic E-state index is 5.15. The van der Waals surface area contributed by atoms with Gasteiger partial charge in [0.1, 0.15) is 0 Å². The highest BCUT2D eigenvalue weighted by Crippen LogP contribution is 2.26. The minimum absolute atomic E-state index is 0.170. The summed E-state index contributed by atoms with van der Waals surface area (Å²) in [6.45, 7) is 6.41. The molecule has 60 valence electrons. The lowest BCUT2D eigenvalue weighted by atomic mass is 9.85. The molecule has 0 spiro atoms. The van der Waals surface area contributed by atoms with Crippen molar-refractivity contribution in [3.8, 4) is 0 Å². The van der Waals surface area contributed by atoms with E-state index in [-0.39, 0.29) is 5.41 Å². The van der Waals surface area contributed by atoms with Crippen LogP contribution in [0.3, 0.4) is 0 Å². The molecule has 1 atom stereocenters. The molecule has 0 aromatic rings. The van der Waals surface area contributed by atoms with Crippen LogP contribution in [0.25, 0.3) is 0 Å². The summed E-state index contributed by atoms with van der Waals surface area (Å²) in [5.74, 6) is 0. The molecule has 1 nitrogen and oxygen atoms in total. The maximum atomic E-state index is 5.15. The third-order valence-electron chi connectivity index (χ3n) is 1.86. The molecule has 0 N–H and O–H groups in total. The third-order valence-corrected chi connectivity index (χ3v) is 1.86. The van der Waals surface area contributed by atoms with Crippen molar-refractivity contribution in [2.75, 3.05) is 6.61 Å². The van der Waals surface area contributed by atoms with Crippen LogP contribution in [0, 0.1) is 5.41 Å². The molecule has 0 aromatic carbocycles. The van der Waals surface area contributed by atoms with Gasteiger partial charge in [-0.05, 0) is 6.42 Å². The molecule has 1 rings (SSSR count). The molecule has 0 saturated carbocycles. The predicted molar refractivity (Wildman–Crippen MR) is 47.2 cm³/mol. The Morgan fingerprint density at radius 2 is 2.45 bits per heavy atom. The molecule has 0 aromatic heterocycles. The fourth-order valence-electron chi connectivity index (χ4n) is 1.13. The average Bonchev–Trinajstić information content (AvgIpc) is 2.03. The SMILES string of the molecule is C=COCC1(C)C=CC=CC1. The van der Waals surface area contributed by atoms with Crippen LogP contribution in [-0.2, 0) is 4.74 Å². The van der Waals surface area contributed by atoms with Crippen molar-refractivity contribution >= 4 is 0 Å². The van der Waals surface area contributed by atoms with E-state index in [2.05, 4.69) is 37.8 Å². The van der Waals surface area contributed by atoms with E-state index >= 15 is 0 Å². The summed E-state index contributed by atoms with van der Waals surface area (Å²) >= 11 is 0. The van der Waals surface area contributed by atoms with Crippen LogP contribution in [0.5, 0.6) is 0 Å². The van der Waals surface area contributed by atoms with E-state index in [1.165, 1.54) is 6.26 Å². The number of allylic oxidation sites excluding steroid dienone is 3. The Labute approximate surface area is 68.1 Å². The van der Waals surface area contributed by atoms with Gasteiger partial charge in [0, 0.05) is 5.41 Å². The van der Waals surface area contributed by atoms with E-state index in [1.54, 1.807) is 0 Å². The summed E-state index contributed by atoms with van der Waals surface area (Å²) in [5, 5.41) is 0. The molecule has 0 saturated heterocycles. The number of rotatable bonds is 3. The Bertz CT molecular complexity index is 191. The van der Waals surface area contributed by atoms with Gasteiger partial charge in [-0.2, -0.15) is 0 Å². The van der Waals surface area contributed by atoms with Crippen LogP contribution in [0.2, 0.25) is 0 Å². The summed E-state index contributed by atoms with van der Waals surface area (Å²) in [5.41, 5.74) is 0.170. The summed E-state index contributed by atoms with van der Waals surface area (Å²) in [6.07, 6.45) is 11.0. The van der Waals surface area contributed by atoms with Gasteiger partial charge in [-0.1, -0.05) is 37.8 Å². The minimum atomic E-state index is 0.170. The summed E-state index contributed by atoms with van der Waals surface area (Å²) in [6, 6.07) is 0. The number of hydrogen-bond acceptors (Lipinski definition) is 1. The monoisotopic (exact) mass is 150 g/mol. The molecule has 0 radical (unpaired) electrons. The molecule has 0 fully saturated rings. The highest BCUT2D eigenvalue weighted by molar-refractivity contribution is 5.15. The van der Waals surface area contributed by atoms with Gasteiger partial charge >= 0.3 is 0 Å². The zero-order valence-corrected chi connectivity index (χ0v) is 6.92. The van der Waals surface area contributed by atoms with Crippen LogP contribution in [0.15, 0.2) is 37.1 Å². The number of hydrogen-bond donors (Lipinski definition) is 0. The Morgan fingerprint density at radius 1 is 1.64 bits per heavy atom. The second kappa shape index (κ2) is 3.42. The standard InChI is InChI=1S/C10H14O/c1-3-11-9-10(2)7-5-4-6-8-10/h3-7H,1,8-9H2,2H3. The summed E-state index contributed by atoms with van der Waals surface area (Å²) in [4.78, 5) is 0. The van der Waals surface area contributed by atoms with Crippen molar-refractivity contribution in [3.05, 3.63) is 37.1 Å². The molecule has 1 aliphatic carbocycles. The van der Waals surface area contributed by atoms with Gasteiger partial charge in [0.25, 0.3) is 0 Å². The highest BCUT2D eigenvalue weighted by atomic mass is 16.5. The lowest BCUT2D eigenvalue weighted by molar-refractivity contribution is 0.160. The molecule has 0 heterocycles. The van der Waals surface area contributed by atoms with Crippen LogP contribution in [-0.4, -0.2) is 6.61 Å². The van der Waals surface area contributed by atoms with E-state index in [4.69, 9.17) is 4.74 Å². The van der Waals surface area contributed by atoms with Crippen molar-refractivity contribution < 1.29 is 4.74 Å². The van der Waals surface area contributed by atoms with Gasteiger partial charge in [-0.25, -0.2) is 0 Å². The van der Waals surface area contributed by atoms with Crippen LogP contribution in [0.4, 0.5) is 0 Å². The Balaban J connectivity index is 2.46. The molecule has 1 unspecified atom stereocenters.